The topological polar surface area (TPSA) is 23.6 Å². The number of carbonyl (C=O) groups is 1. The summed E-state index contributed by atoms with van der Waals surface area (Å²) >= 11 is 1.33. The van der Waals surface area contributed by atoms with Crippen LogP contribution in [0.5, 0.6) is 0 Å². The molecule has 3 nitrogen and oxygen atoms in total. The summed E-state index contributed by atoms with van der Waals surface area (Å²) in [5.74, 6) is 0. The summed E-state index contributed by atoms with van der Waals surface area (Å²) in [7, 11) is 0. The molecule has 1 rings (SSSR count). The van der Waals surface area contributed by atoms with Gasteiger partial charge < -0.3 is 0 Å². The summed E-state index contributed by atoms with van der Waals surface area (Å²) in [6.07, 6.45) is 1.85. The van der Waals surface area contributed by atoms with E-state index in [2.05, 4.69) is 23.6 Å². The van der Waals surface area contributed by atoms with Gasteiger partial charge >= 0.3 is 0 Å². The molecule has 0 aliphatic carbocycles. The third-order valence-corrected chi connectivity index (χ3v) is 3.30. The molecule has 0 N–H and O–H groups in total. The van der Waals surface area contributed by atoms with Gasteiger partial charge in [-0.2, -0.15) is 0 Å². The second-order valence-corrected chi connectivity index (χ2v) is 4.85. The molecule has 1 aliphatic heterocycles. The third kappa shape index (κ3) is 3.59. The molecule has 1 saturated heterocycles. The highest BCUT2D eigenvalue weighted by atomic mass is 32.2. The van der Waals surface area contributed by atoms with Crippen molar-refractivity contribution in [3.05, 3.63) is 0 Å². The number of carbonyl (C=O) groups excluding carboxylic acids is 1. The highest BCUT2D eigenvalue weighted by Crippen LogP contribution is 2.07. The van der Waals surface area contributed by atoms with E-state index in [1.807, 2.05) is 6.26 Å². The first-order valence-electron chi connectivity index (χ1n) is 5.16. The second kappa shape index (κ2) is 5.73. The molecule has 0 unspecified atom stereocenters. The van der Waals surface area contributed by atoms with E-state index >= 15 is 0 Å². The van der Waals surface area contributed by atoms with Crippen molar-refractivity contribution in [2.45, 2.75) is 19.9 Å². The Labute approximate surface area is 90.8 Å². The van der Waals surface area contributed by atoms with Crippen LogP contribution >= 0.6 is 11.8 Å². The standard InChI is InChI=1S/C10H20N2OS/c1-9(2)12-6-4-11(5-7-12)8-10(13)14-3/h9H,4-8H2,1-3H3. The quantitative estimate of drug-likeness (QED) is 0.699. The van der Waals surface area contributed by atoms with Gasteiger partial charge in [0.1, 0.15) is 0 Å². The van der Waals surface area contributed by atoms with Gasteiger partial charge in [-0.3, -0.25) is 14.6 Å². The van der Waals surface area contributed by atoms with Crippen LogP contribution in [-0.2, 0) is 4.79 Å². The molecule has 0 atom stereocenters. The summed E-state index contributed by atoms with van der Waals surface area (Å²) in [6, 6.07) is 0.633. The lowest BCUT2D eigenvalue weighted by molar-refractivity contribution is -0.112. The minimum atomic E-state index is 0.281. The predicted octanol–water partition coefficient (Wildman–Crippen LogP) is 0.902. The van der Waals surface area contributed by atoms with Crippen molar-refractivity contribution in [1.82, 2.24) is 9.80 Å². The Bertz CT molecular complexity index is 189. The lowest BCUT2D eigenvalue weighted by Crippen LogP contribution is -2.49. The van der Waals surface area contributed by atoms with Crippen LogP contribution in [0.3, 0.4) is 0 Å². The first kappa shape index (κ1) is 12.0. The molecule has 0 amide bonds. The summed E-state index contributed by atoms with van der Waals surface area (Å²) < 4.78 is 0. The zero-order valence-corrected chi connectivity index (χ0v) is 10.1. The van der Waals surface area contributed by atoms with E-state index in [-0.39, 0.29) is 5.12 Å². The molecule has 82 valence electrons. The summed E-state index contributed by atoms with van der Waals surface area (Å²) in [6.45, 7) is 9.33. The molecule has 1 heterocycles. The Morgan fingerprint density at radius 1 is 1.29 bits per heavy atom. The third-order valence-electron chi connectivity index (χ3n) is 2.72. The van der Waals surface area contributed by atoms with E-state index < -0.39 is 0 Å². The Morgan fingerprint density at radius 3 is 2.29 bits per heavy atom. The van der Waals surface area contributed by atoms with E-state index in [0.29, 0.717) is 12.6 Å². The van der Waals surface area contributed by atoms with Crippen LogP contribution in [0.15, 0.2) is 0 Å². The minimum Gasteiger partial charge on any atom is -0.298 e. The summed E-state index contributed by atoms with van der Waals surface area (Å²) in [4.78, 5) is 15.9. The van der Waals surface area contributed by atoms with Gasteiger partial charge in [0.15, 0.2) is 0 Å². The Morgan fingerprint density at radius 2 is 1.86 bits per heavy atom. The fourth-order valence-electron chi connectivity index (χ4n) is 1.68. The zero-order valence-electron chi connectivity index (χ0n) is 9.32. The first-order chi connectivity index (χ1) is 6.63. The first-order valence-corrected chi connectivity index (χ1v) is 6.39. The van der Waals surface area contributed by atoms with Crippen LogP contribution in [0.4, 0.5) is 0 Å². The number of nitrogens with zero attached hydrogens (tertiary/aromatic N) is 2. The van der Waals surface area contributed by atoms with E-state index in [0.717, 1.165) is 26.2 Å². The van der Waals surface area contributed by atoms with Crippen molar-refractivity contribution < 1.29 is 4.79 Å². The van der Waals surface area contributed by atoms with Crippen LogP contribution in [0.1, 0.15) is 13.8 Å². The normalized spacial score (nSPS) is 20.3. The minimum absolute atomic E-state index is 0.281. The molecule has 0 aromatic carbocycles. The van der Waals surface area contributed by atoms with Crippen molar-refractivity contribution >= 4 is 16.9 Å². The molecule has 0 saturated carbocycles. The SMILES string of the molecule is CSC(=O)CN1CCN(C(C)C)CC1. The fraction of sp³-hybridized carbons (Fsp3) is 0.900. The molecule has 0 radical (unpaired) electrons. The van der Waals surface area contributed by atoms with Crippen LogP contribution < -0.4 is 0 Å². The number of thioether (sulfide) groups is 1. The zero-order chi connectivity index (χ0) is 10.6. The second-order valence-electron chi connectivity index (χ2n) is 3.98. The molecular weight excluding hydrogens is 196 g/mol. The molecular formula is C10H20N2OS. The predicted molar refractivity (Wildman–Crippen MR) is 61.7 cm³/mol. The lowest BCUT2D eigenvalue weighted by Gasteiger charge is -2.36. The van der Waals surface area contributed by atoms with Crippen molar-refractivity contribution in [2.75, 3.05) is 39.0 Å². The van der Waals surface area contributed by atoms with E-state index in [4.69, 9.17) is 0 Å². The highest BCUT2D eigenvalue weighted by molar-refractivity contribution is 8.13. The molecule has 4 heteroatoms. The van der Waals surface area contributed by atoms with Gasteiger partial charge in [0.2, 0.25) is 5.12 Å². The Balaban J connectivity index is 2.25. The smallest absolute Gasteiger partial charge is 0.202 e. The monoisotopic (exact) mass is 216 g/mol. The molecule has 1 aliphatic rings. The molecule has 0 aromatic rings. The summed E-state index contributed by atoms with van der Waals surface area (Å²) in [5.41, 5.74) is 0. The molecule has 0 aromatic heterocycles. The van der Waals surface area contributed by atoms with Crippen LogP contribution in [0.25, 0.3) is 0 Å². The van der Waals surface area contributed by atoms with Gasteiger partial charge in [-0.25, -0.2) is 0 Å². The van der Waals surface area contributed by atoms with E-state index in [1.54, 1.807) is 0 Å². The maximum absolute atomic E-state index is 11.2. The van der Waals surface area contributed by atoms with Gasteiger partial charge in [0.25, 0.3) is 0 Å². The number of hydrogen-bond donors (Lipinski definition) is 0. The van der Waals surface area contributed by atoms with Gasteiger partial charge in [-0.05, 0) is 20.1 Å². The molecule has 0 spiro atoms. The fourth-order valence-corrected chi connectivity index (χ4v) is 2.00. The van der Waals surface area contributed by atoms with Crippen LogP contribution in [0.2, 0.25) is 0 Å². The Kier molecular flexibility index (Phi) is 4.92. The average Bonchev–Trinajstić information content (AvgIpc) is 2.18. The highest BCUT2D eigenvalue weighted by Gasteiger charge is 2.19. The van der Waals surface area contributed by atoms with Crippen LogP contribution in [-0.4, -0.2) is 59.9 Å². The maximum Gasteiger partial charge on any atom is 0.202 e. The molecule has 14 heavy (non-hydrogen) atoms. The lowest BCUT2D eigenvalue weighted by atomic mass is 10.2. The largest absolute Gasteiger partial charge is 0.298 e. The average molecular weight is 216 g/mol. The van der Waals surface area contributed by atoms with E-state index in [1.165, 1.54) is 11.8 Å². The van der Waals surface area contributed by atoms with Gasteiger partial charge in [0, 0.05) is 32.2 Å². The van der Waals surface area contributed by atoms with Gasteiger partial charge in [-0.1, -0.05) is 11.8 Å². The van der Waals surface area contributed by atoms with Gasteiger partial charge in [0.05, 0.1) is 6.54 Å². The number of rotatable bonds is 3. The van der Waals surface area contributed by atoms with Crippen LogP contribution in [0, 0.1) is 0 Å². The number of piperazine rings is 1. The molecule has 1 fully saturated rings. The molecule has 0 bridgehead atoms. The van der Waals surface area contributed by atoms with Crippen molar-refractivity contribution in [3.63, 3.8) is 0 Å². The van der Waals surface area contributed by atoms with Crippen molar-refractivity contribution in [2.24, 2.45) is 0 Å². The van der Waals surface area contributed by atoms with Gasteiger partial charge in [-0.15, -0.1) is 0 Å². The van der Waals surface area contributed by atoms with Crippen molar-refractivity contribution in [3.8, 4) is 0 Å². The summed E-state index contributed by atoms with van der Waals surface area (Å²) in [5, 5.41) is 0.281. The van der Waals surface area contributed by atoms with Crippen molar-refractivity contribution in [1.29, 1.82) is 0 Å². The number of hydrogen-bond acceptors (Lipinski definition) is 4. The Hall–Kier alpha value is -0.0600. The maximum atomic E-state index is 11.2. The van der Waals surface area contributed by atoms with E-state index in [9.17, 15) is 4.79 Å².